The first-order valence-corrected chi connectivity index (χ1v) is 12.8. The van der Waals surface area contributed by atoms with E-state index >= 15 is 0 Å². The Balaban J connectivity index is 1.46. The molecule has 3 aromatic rings. The summed E-state index contributed by atoms with van der Waals surface area (Å²) in [6, 6.07) is 3.35. The van der Waals surface area contributed by atoms with Gasteiger partial charge in [-0.1, -0.05) is 11.8 Å². The third-order valence-electron chi connectivity index (χ3n) is 5.26. The predicted octanol–water partition coefficient (Wildman–Crippen LogP) is 2.51. The molecule has 0 saturated carbocycles. The predicted molar refractivity (Wildman–Crippen MR) is 121 cm³/mol. The molecule has 4 heterocycles. The summed E-state index contributed by atoms with van der Waals surface area (Å²) in [6.07, 6.45) is 1.43. The molecular formula is C19H24N6O2S3. The van der Waals surface area contributed by atoms with Crippen LogP contribution in [0.3, 0.4) is 0 Å². The number of hydrogen-bond acceptors (Lipinski definition) is 9. The molecule has 1 aliphatic heterocycles. The molecule has 0 unspecified atom stereocenters. The number of thiophene rings is 1. The number of nitrogens with zero attached hydrogens (tertiary/aromatic N) is 5. The average Bonchev–Trinajstić information content (AvgIpc) is 3.01. The van der Waals surface area contributed by atoms with Gasteiger partial charge in [-0.05, 0) is 38.6 Å². The Morgan fingerprint density at radius 2 is 1.90 bits per heavy atom. The summed E-state index contributed by atoms with van der Waals surface area (Å²) in [6.45, 7) is 6.55. The van der Waals surface area contributed by atoms with Crippen molar-refractivity contribution in [2.24, 2.45) is 0 Å². The van der Waals surface area contributed by atoms with Crippen LogP contribution in [-0.2, 0) is 15.8 Å². The second-order valence-electron chi connectivity index (χ2n) is 7.32. The molecule has 3 aromatic heterocycles. The molecule has 0 spiro atoms. The molecular weight excluding hydrogens is 440 g/mol. The summed E-state index contributed by atoms with van der Waals surface area (Å²) in [7, 11) is -1.51. The van der Waals surface area contributed by atoms with Crippen molar-refractivity contribution in [3.05, 3.63) is 34.6 Å². The maximum Gasteiger partial charge on any atom is 0.244 e. The van der Waals surface area contributed by atoms with E-state index in [1.807, 2.05) is 14.0 Å². The number of sulfonamides is 1. The molecule has 0 radical (unpaired) electrons. The van der Waals surface area contributed by atoms with Gasteiger partial charge in [0.15, 0.2) is 0 Å². The van der Waals surface area contributed by atoms with Crippen molar-refractivity contribution in [2.45, 2.75) is 29.5 Å². The van der Waals surface area contributed by atoms with E-state index < -0.39 is 10.0 Å². The molecule has 0 bridgehead atoms. The highest BCUT2D eigenvalue weighted by Gasteiger charge is 2.27. The maximum absolute atomic E-state index is 12.8. The number of rotatable bonds is 5. The van der Waals surface area contributed by atoms with Gasteiger partial charge in [-0.3, -0.25) is 0 Å². The van der Waals surface area contributed by atoms with E-state index in [1.165, 1.54) is 27.1 Å². The summed E-state index contributed by atoms with van der Waals surface area (Å²) in [5, 5.41) is 1.65. The number of likely N-dealkylation sites (N-methyl/N-ethyl adjacent to an activating group) is 1. The highest BCUT2D eigenvalue weighted by molar-refractivity contribution is 7.98. The highest BCUT2D eigenvalue weighted by atomic mass is 32.2. The summed E-state index contributed by atoms with van der Waals surface area (Å²) in [5.41, 5.74) is 7.27. The lowest BCUT2D eigenvalue weighted by Crippen LogP contribution is -2.47. The second-order valence-corrected chi connectivity index (χ2v) is 11.5. The lowest BCUT2D eigenvalue weighted by atomic mass is 10.2. The molecule has 1 aliphatic rings. The molecule has 30 heavy (non-hydrogen) atoms. The monoisotopic (exact) mass is 464 g/mol. The number of nitrogens with two attached hydrogens (primary N) is 1. The van der Waals surface area contributed by atoms with Gasteiger partial charge >= 0.3 is 0 Å². The van der Waals surface area contributed by atoms with E-state index in [2.05, 4.69) is 26.8 Å². The van der Waals surface area contributed by atoms with Crippen molar-refractivity contribution in [2.75, 3.05) is 39.0 Å². The molecule has 11 heteroatoms. The van der Waals surface area contributed by atoms with E-state index in [0.717, 1.165) is 28.9 Å². The summed E-state index contributed by atoms with van der Waals surface area (Å²) in [4.78, 5) is 17.8. The van der Waals surface area contributed by atoms with Gasteiger partial charge in [0.25, 0.3) is 0 Å². The number of fused-ring (bicyclic) bond motifs is 1. The molecule has 1 fully saturated rings. The number of thioether (sulfide) groups is 1. The zero-order valence-electron chi connectivity index (χ0n) is 17.1. The minimum atomic E-state index is -3.51. The van der Waals surface area contributed by atoms with Crippen molar-refractivity contribution in [3.63, 3.8) is 0 Å². The fourth-order valence-electron chi connectivity index (χ4n) is 3.31. The van der Waals surface area contributed by atoms with Crippen molar-refractivity contribution >= 4 is 49.2 Å². The smallest absolute Gasteiger partial charge is 0.244 e. The van der Waals surface area contributed by atoms with Gasteiger partial charge < -0.3 is 10.6 Å². The second kappa shape index (κ2) is 8.39. The van der Waals surface area contributed by atoms with Gasteiger partial charge in [0.1, 0.15) is 21.4 Å². The van der Waals surface area contributed by atoms with E-state index in [9.17, 15) is 8.42 Å². The normalized spacial score (nSPS) is 16.4. The number of hydrogen-bond donors (Lipinski definition) is 1. The minimum Gasteiger partial charge on any atom is -0.383 e. The van der Waals surface area contributed by atoms with Crippen LogP contribution in [0.4, 0.5) is 5.82 Å². The number of aromatic nitrogens is 3. The van der Waals surface area contributed by atoms with Gasteiger partial charge in [0.2, 0.25) is 10.0 Å². The number of aryl methyl sites for hydroxylation is 2. The maximum atomic E-state index is 12.8. The first kappa shape index (κ1) is 21.4. The van der Waals surface area contributed by atoms with Crippen LogP contribution in [0, 0.1) is 13.8 Å². The standard InChI is InChI=1S/C19H24N6O2S3/c1-12-13(2)29-19-17(12)18(20)22-15(23-19)11-28-16-5-4-14(10-21-16)30(26,27)25-8-6-24(3)7-9-25/h4-5,10H,6-9,11H2,1-3H3,(H2,20,22,23). The van der Waals surface area contributed by atoms with Gasteiger partial charge in [-0.25, -0.2) is 23.4 Å². The minimum absolute atomic E-state index is 0.225. The first-order chi connectivity index (χ1) is 14.3. The fourth-order valence-corrected chi connectivity index (χ4v) is 6.43. The van der Waals surface area contributed by atoms with Gasteiger partial charge in [-0.15, -0.1) is 11.3 Å². The van der Waals surface area contributed by atoms with Crippen LogP contribution >= 0.6 is 23.1 Å². The van der Waals surface area contributed by atoms with Crippen LogP contribution in [0.5, 0.6) is 0 Å². The molecule has 4 rings (SSSR count). The summed E-state index contributed by atoms with van der Waals surface area (Å²) < 4.78 is 27.1. The molecule has 0 amide bonds. The Morgan fingerprint density at radius 3 is 2.57 bits per heavy atom. The number of pyridine rings is 1. The quantitative estimate of drug-likeness (QED) is 0.574. The van der Waals surface area contributed by atoms with Crippen LogP contribution in [-0.4, -0.2) is 65.8 Å². The van der Waals surface area contributed by atoms with Crippen molar-refractivity contribution < 1.29 is 8.42 Å². The molecule has 1 saturated heterocycles. The Kier molecular flexibility index (Phi) is 5.99. The van der Waals surface area contributed by atoms with Crippen molar-refractivity contribution in [3.8, 4) is 0 Å². The molecule has 8 nitrogen and oxygen atoms in total. The fraction of sp³-hybridized carbons (Fsp3) is 0.421. The lowest BCUT2D eigenvalue weighted by Gasteiger charge is -2.31. The zero-order valence-corrected chi connectivity index (χ0v) is 19.6. The van der Waals surface area contributed by atoms with Crippen LogP contribution in [0.25, 0.3) is 10.2 Å². The Morgan fingerprint density at radius 1 is 1.17 bits per heavy atom. The van der Waals surface area contributed by atoms with Crippen LogP contribution in [0.1, 0.15) is 16.3 Å². The van der Waals surface area contributed by atoms with E-state index in [-0.39, 0.29) is 4.90 Å². The number of nitrogen functional groups attached to an aromatic ring is 1. The van der Waals surface area contributed by atoms with E-state index in [0.29, 0.717) is 35.5 Å². The van der Waals surface area contributed by atoms with Crippen molar-refractivity contribution in [1.82, 2.24) is 24.2 Å². The lowest BCUT2D eigenvalue weighted by molar-refractivity contribution is 0.222. The first-order valence-electron chi connectivity index (χ1n) is 9.55. The third kappa shape index (κ3) is 4.17. The zero-order chi connectivity index (χ0) is 21.5. The Labute approximate surface area is 184 Å². The molecule has 2 N–H and O–H groups in total. The van der Waals surface area contributed by atoms with Crippen LogP contribution in [0.15, 0.2) is 28.3 Å². The van der Waals surface area contributed by atoms with Crippen LogP contribution < -0.4 is 5.73 Å². The Bertz CT molecular complexity index is 1170. The van der Waals surface area contributed by atoms with E-state index in [1.54, 1.807) is 23.5 Å². The van der Waals surface area contributed by atoms with Gasteiger partial charge in [0, 0.05) is 37.3 Å². The highest BCUT2D eigenvalue weighted by Crippen LogP contribution is 2.32. The SMILES string of the molecule is Cc1sc2nc(CSc3ccc(S(=O)(=O)N4CCN(C)CC4)cn3)nc(N)c2c1C. The summed E-state index contributed by atoms with van der Waals surface area (Å²) >= 11 is 3.07. The van der Waals surface area contributed by atoms with Crippen molar-refractivity contribution in [1.29, 1.82) is 0 Å². The number of anilines is 1. The van der Waals surface area contributed by atoms with E-state index in [4.69, 9.17) is 5.73 Å². The van der Waals surface area contributed by atoms with Crippen LogP contribution in [0.2, 0.25) is 0 Å². The van der Waals surface area contributed by atoms with Gasteiger partial charge in [0.05, 0.1) is 16.2 Å². The molecule has 0 atom stereocenters. The largest absolute Gasteiger partial charge is 0.383 e. The average molecular weight is 465 g/mol. The van der Waals surface area contributed by atoms with Gasteiger partial charge in [-0.2, -0.15) is 4.31 Å². The third-order valence-corrected chi connectivity index (χ3v) is 9.18. The molecule has 0 aromatic carbocycles. The molecule has 160 valence electrons. The Hall–Kier alpha value is -1.79. The molecule has 0 aliphatic carbocycles. The number of piperazine rings is 1. The summed E-state index contributed by atoms with van der Waals surface area (Å²) in [5.74, 6) is 1.65. The topological polar surface area (TPSA) is 105 Å².